The van der Waals surface area contributed by atoms with Crippen LogP contribution in [0.1, 0.15) is 17.8 Å². The maximum atomic E-state index is 12.7. The van der Waals surface area contributed by atoms with Gasteiger partial charge in [-0.1, -0.05) is 18.2 Å². The van der Waals surface area contributed by atoms with Gasteiger partial charge in [0.05, 0.1) is 36.3 Å². The van der Waals surface area contributed by atoms with E-state index < -0.39 is 5.92 Å². The van der Waals surface area contributed by atoms with Crippen LogP contribution in [0.2, 0.25) is 0 Å². The van der Waals surface area contributed by atoms with Gasteiger partial charge < -0.3 is 19.5 Å². The van der Waals surface area contributed by atoms with Crippen LogP contribution in [0.3, 0.4) is 0 Å². The molecule has 0 aliphatic carbocycles. The highest BCUT2D eigenvalue weighted by molar-refractivity contribution is 6.01. The monoisotopic (exact) mass is 392 g/mol. The van der Waals surface area contributed by atoms with Crippen LogP contribution in [-0.2, 0) is 23.2 Å². The molecular weight excluding hydrogens is 368 g/mol. The number of benzene rings is 2. The Morgan fingerprint density at radius 2 is 2.07 bits per heavy atom. The van der Waals surface area contributed by atoms with Crippen molar-refractivity contribution in [2.24, 2.45) is 13.0 Å². The van der Waals surface area contributed by atoms with Crippen molar-refractivity contribution in [3.8, 4) is 5.75 Å². The fraction of sp³-hybridized carbons (Fsp3) is 0.318. The van der Waals surface area contributed by atoms with E-state index in [2.05, 4.69) is 10.3 Å². The zero-order valence-electron chi connectivity index (χ0n) is 16.8. The number of imidazole rings is 1. The minimum absolute atomic E-state index is 0.0724. The number of fused-ring (bicyclic) bond motifs is 1. The number of methoxy groups -OCH3 is 1. The number of hydrogen-bond acceptors (Lipinski definition) is 4. The average Bonchev–Trinajstić information content (AvgIpc) is 3.26. The maximum absolute atomic E-state index is 12.7. The van der Waals surface area contributed by atoms with Crippen molar-refractivity contribution in [3.05, 3.63) is 53.9 Å². The number of nitrogens with zero attached hydrogens (tertiary/aromatic N) is 3. The van der Waals surface area contributed by atoms with Gasteiger partial charge in [0.25, 0.3) is 0 Å². The molecule has 2 heterocycles. The van der Waals surface area contributed by atoms with Gasteiger partial charge in [0.1, 0.15) is 11.6 Å². The topological polar surface area (TPSA) is 76.5 Å². The predicted molar refractivity (Wildman–Crippen MR) is 111 cm³/mol. The maximum Gasteiger partial charge on any atom is 0.227 e. The lowest BCUT2D eigenvalue weighted by molar-refractivity contribution is -0.126. The minimum Gasteiger partial charge on any atom is -0.495 e. The van der Waals surface area contributed by atoms with Crippen LogP contribution in [0, 0.1) is 12.8 Å². The van der Waals surface area contributed by atoms with E-state index in [-0.39, 0.29) is 18.2 Å². The largest absolute Gasteiger partial charge is 0.495 e. The Bertz CT molecular complexity index is 1090. The molecule has 1 unspecified atom stereocenters. The number of carbonyl (C=O) groups excluding carboxylic acids is 2. The number of rotatable bonds is 5. The summed E-state index contributed by atoms with van der Waals surface area (Å²) in [7, 11) is 3.51. The summed E-state index contributed by atoms with van der Waals surface area (Å²) in [6.45, 7) is 2.63. The smallest absolute Gasteiger partial charge is 0.227 e. The fourth-order valence-corrected chi connectivity index (χ4v) is 3.79. The number of ether oxygens (including phenoxy) is 1. The number of aromatic nitrogens is 2. The first-order chi connectivity index (χ1) is 14.0. The van der Waals surface area contributed by atoms with Gasteiger partial charge in [-0.25, -0.2) is 4.98 Å². The highest BCUT2D eigenvalue weighted by atomic mass is 16.5. The number of aryl methyl sites for hydroxylation is 2. The second-order valence-electron chi connectivity index (χ2n) is 7.37. The second kappa shape index (κ2) is 7.58. The molecule has 1 N–H and O–H groups in total. The molecule has 0 bridgehead atoms. The highest BCUT2D eigenvalue weighted by Crippen LogP contribution is 2.34. The third-order valence-corrected chi connectivity index (χ3v) is 5.42. The molecule has 1 atom stereocenters. The first kappa shape index (κ1) is 19.0. The number of nitrogens with one attached hydrogen (secondary N) is 1. The molecule has 4 rings (SSSR count). The Labute approximate surface area is 169 Å². The normalized spacial score (nSPS) is 16.4. The zero-order chi connectivity index (χ0) is 20.5. The molecule has 1 aromatic heterocycles. The van der Waals surface area contributed by atoms with E-state index >= 15 is 0 Å². The van der Waals surface area contributed by atoms with Crippen LogP contribution < -0.4 is 15.0 Å². The van der Waals surface area contributed by atoms with E-state index in [4.69, 9.17) is 4.74 Å². The second-order valence-corrected chi connectivity index (χ2v) is 7.37. The van der Waals surface area contributed by atoms with Crippen molar-refractivity contribution in [3.63, 3.8) is 0 Å². The number of para-hydroxylation sites is 2. The number of carbonyl (C=O) groups is 2. The molecule has 0 radical (unpaired) electrons. The Balaban J connectivity index is 1.45. The van der Waals surface area contributed by atoms with Gasteiger partial charge in [0.15, 0.2) is 0 Å². The van der Waals surface area contributed by atoms with E-state index in [1.165, 1.54) is 0 Å². The van der Waals surface area contributed by atoms with E-state index in [1.807, 2.05) is 61.0 Å². The van der Waals surface area contributed by atoms with Crippen molar-refractivity contribution >= 4 is 28.5 Å². The molecule has 7 nitrogen and oxygen atoms in total. The number of amides is 2. The molecule has 0 saturated carbocycles. The SMILES string of the molecule is COc1ccc(C)cc1N1CC(C(=O)NCc2nc3ccccc3n2C)CC1=O. The van der Waals surface area contributed by atoms with E-state index in [1.54, 1.807) is 12.0 Å². The molecule has 29 heavy (non-hydrogen) atoms. The lowest BCUT2D eigenvalue weighted by Gasteiger charge is -2.20. The first-order valence-corrected chi connectivity index (χ1v) is 9.61. The fourth-order valence-electron chi connectivity index (χ4n) is 3.79. The van der Waals surface area contributed by atoms with Crippen molar-refractivity contribution in [1.82, 2.24) is 14.9 Å². The summed E-state index contributed by atoms with van der Waals surface area (Å²) in [4.78, 5) is 31.5. The van der Waals surface area contributed by atoms with Crippen LogP contribution in [0.5, 0.6) is 5.75 Å². The van der Waals surface area contributed by atoms with Crippen molar-refractivity contribution in [2.45, 2.75) is 19.9 Å². The standard InChI is InChI=1S/C22H24N4O3/c1-14-8-9-19(29-3)18(10-14)26-13-15(11-21(26)27)22(28)23-12-20-24-16-6-4-5-7-17(16)25(20)2/h4-10,15H,11-13H2,1-3H3,(H,23,28). The van der Waals surface area contributed by atoms with Gasteiger partial charge in [0, 0.05) is 20.0 Å². The summed E-state index contributed by atoms with van der Waals surface area (Å²) in [6, 6.07) is 13.5. The van der Waals surface area contributed by atoms with Crippen LogP contribution in [0.25, 0.3) is 11.0 Å². The quantitative estimate of drug-likeness (QED) is 0.724. The molecule has 2 aromatic carbocycles. The van der Waals surface area contributed by atoms with Crippen molar-refractivity contribution < 1.29 is 14.3 Å². The molecule has 1 fully saturated rings. The molecule has 150 valence electrons. The van der Waals surface area contributed by atoms with Gasteiger partial charge in [-0.3, -0.25) is 9.59 Å². The van der Waals surface area contributed by atoms with E-state index in [0.29, 0.717) is 24.5 Å². The highest BCUT2D eigenvalue weighted by Gasteiger charge is 2.36. The van der Waals surface area contributed by atoms with Crippen molar-refractivity contribution in [2.75, 3.05) is 18.6 Å². The van der Waals surface area contributed by atoms with Crippen LogP contribution >= 0.6 is 0 Å². The summed E-state index contributed by atoms with van der Waals surface area (Å²) in [5, 5.41) is 2.94. The molecular formula is C22H24N4O3. The summed E-state index contributed by atoms with van der Waals surface area (Å²) >= 11 is 0. The molecule has 2 amide bonds. The van der Waals surface area contributed by atoms with Crippen LogP contribution in [0.4, 0.5) is 5.69 Å². The lowest BCUT2D eigenvalue weighted by Crippen LogP contribution is -2.33. The predicted octanol–water partition coefficient (Wildman–Crippen LogP) is 2.56. The van der Waals surface area contributed by atoms with Gasteiger partial charge in [-0.05, 0) is 36.8 Å². The average molecular weight is 392 g/mol. The third kappa shape index (κ3) is 3.55. The third-order valence-electron chi connectivity index (χ3n) is 5.42. The Kier molecular flexibility index (Phi) is 4.96. The van der Waals surface area contributed by atoms with E-state index in [9.17, 15) is 9.59 Å². The Morgan fingerprint density at radius 3 is 2.83 bits per heavy atom. The van der Waals surface area contributed by atoms with Gasteiger partial charge in [0.2, 0.25) is 11.8 Å². The van der Waals surface area contributed by atoms with Crippen molar-refractivity contribution in [1.29, 1.82) is 0 Å². The van der Waals surface area contributed by atoms with Gasteiger partial charge in [-0.2, -0.15) is 0 Å². The molecule has 7 heteroatoms. The summed E-state index contributed by atoms with van der Waals surface area (Å²) < 4.78 is 7.37. The number of anilines is 1. The minimum atomic E-state index is -0.401. The van der Waals surface area contributed by atoms with Crippen LogP contribution in [0.15, 0.2) is 42.5 Å². The summed E-state index contributed by atoms with van der Waals surface area (Å²) in [6.07, 6.45) is 0.186. The first-order valence-electron chi connectivity index (χ1n) is 9.61. The molecule has 1 aliphatic rings. The summed E-state index contributed by atoms with van der Waals surface area (Å²) in [5.74, 6) is 0.796. The number of hydrogen-bond donors (Lipinski definition) is 1. The van der Waals surface area contributed by atoms with Gasteiger partial charge in [-0.15, -0.1) is 0 Å². The molecule has 3 aromatic rings. The summed E-state index contributed by atoms with van der Waals surface area (Å²) in [5.41, 5.74) is 3.66. The molecule has 1 aliphatic heterocycles. The molecule has 1 saturated heterocycles. The zero-order valence-corrected chi connectivity index (χ0v) is 16.8. The van der Waals surface area contributed by atoms with Crippen LogP contribution in [-0.4, -0.2) is 35.0 Å². The Morgan fingerprint density at radius 1 is 1.28 bits per heavy atom. The molecule has 0 spiro atoms. The lowest BCUT2D eigenvalue weighted by atomic mass is 10.1. The Hall–Kier alpha value is -3.35. The van der Waals surface area contributed by atoms with Gasteiger partial charge >= 0.3 is 0 Å². The van der Waals surface area contributed by atoms with E-state index in [0.717, 1.165) is 22.4 Å².